The lowest BCUT2D eigenvalue weighted by molar-refractivity contribution is -0.125. The molecule has 3 N–H and O–H groups in total. The molecular formula is C12H22N2O. The van der Waals surface area contributed by atoms with Crippen LogP contribution in [0, 0.1) is 17.3 Å². The molecule has 86 valence electrons. The molecule has 3 nitrogen and oxygen atoms in total. The number of amides is 1. The summed E-state index contributed by atoms with van der Waals surface area (Å²) in [6.07, 6.45) is 6.01. The summed E-state index contributed by atoms with van der Waals surface area (Å²) in [7, 11) is 0. The number of nitrogens with two attached hydrogens (primary N) is 1. The van der Waals surface area contributed by atoms with Crippen molar-refractivity contribution >= 4 is 5.91 Å². The van der Waals surface area contributed by atoms with Gasteiger partial charge in [-0.15, -0.1) is 0 Å². The maximum Gasteiger partial charge on any atom is 0.223 e. The van der Waals surface area contributed by atoms with Gasteiger partial charge in [-0.05, 0) is 50.0 Å². The van der Waals surface area contributed by atoms with E-state index in [0.717, 1.165) is 19.5 Å². The fourth-order valence-corrected chi connectivity index (χ4v) is 2.24. The highest BCUT2D eigenvalue weighted by atomic mass is 16.1. The molecule has 2 aliphatic rings. The average molecular weight is 210 g/mol. The Labute approximate surface area is 91.8 Å². The SMILES string of the molecule is CC(C(=O)NCC1(CCN)CC1)C1CC1. The predicted octanol–water partition coefficient (Wildman–Crippen LogP) is 1.28. The molecule has 15 heavy (non-hydrogen) atoms. The summed E-state index contributed by atoms with van der Waals surface area (Å²) in [5, 5.41) is 3.10. The second-order valence-corrected chi connectivity index (χ2v) is 5.38. The van der Waals surface area contributed by atoms with Crippen LogP contribution in [0.2, 0.25) is 0 Å². The van der Waals surface area contributed by atoms with Crippen LogP contribution in [0.15, 0.2) is 0 Å². The molecule has 1 atom stereocenters. The minimum absolute atomic E-state index is 0.221. The maximum absolute atomic E-state index is 11.8. The first-order valence-electron chi connectivity index (χ1n) is 6.15. The van der Waals surface area contributed by atoms with E-state index in [4.69, 9.17) is 5.73 Å². The molecule has 0 aliphatic heterocycles. The second-order valence-electron chi connectivity index (χ2n) is 5.38. The van der Waals surface area contributed by atoms with Gasteiger partial charge in [0.1, 0.15) is 0 Å². The summed E-state index contributed by atoms with van der Waals surface area (Å²) in [6, 6.07) is 0. The van der Waals surface area contributed by atoms with Crippen LogP contribution in [-0.2, 0) is 4.79 Å². The fourth-order valence-electron chi connectivity index (χ4n) is 2.24. The smallest absolute Gasteiger partial charge is 0.223 e. The third-order valence-corrected chi connectivity index (χ3v) is 4.01. The van der Waals surface area contributed by atoms with E-state index in [1.54, 1.807) is 0 Å². The summed E-state index contributed by atoms with van der Waals surface area (Å²) >= 11 is 0. The predicted molar refractivity (Wildman–Crippen MR) is 60.2 cm³/mol. The van der Waals surface area contributed by atoms with E-state index in [-0.39, 0.29) is 11.8 Å². The van der Waals surface area contributed by atoms with Gasteiger partial charge in [-0.2, -0.15) is 0 Å². The van der Waals surface area contributed by atoms with Gasteiger partial charge in [-0.3, -0.25) is 4.79 Å². The molecule has 2 fully saturated rings. The molecular weight excluding hydrogens is 188 g/mol. The van der Waals surface area contributed by atoms with Crippen LogP contribution in [0.25, 0.3) is 0 Å². The zero-order valence-corrected chi connectivity index (χ0v) is 9.59. The molecule has 0 aromatic heterocycles. The van der Waals surface area contributed by atoms with Crippen LogP contribution in [0.1, 0.15) is 39.0 Å². The standard InChI is InChI=1S/C12H22N2O/c1-9(10-2-3-10)11(15)14-8-12(4-5-12)6-7-13/h9-10H,2-8,13H2,1H3,(H,14,15). The number of nitrogens with one attached hydrogen (secondary N) is 1. The third kappa shape index (κ3) is 2.71. The van der Waals surface area contributed by atoms with E-state index in [0.29, 0.717) is 11.3 Å². The zero-order chi connectivity index (χ0) is 10.9. The van der Waals surface area contributed by atoms with Crippen molar-refractivity contribution in [3.63, 3.8) is 0 Å². The Hall–Kier alpha value is -0.570. The van der Waals surface area contributed by atoms with Gasteiger partial charge in [0.15, 0.2) is 0 Å². The van der Waals surface area contributed by atoms with E-state index in [2.05, 4.69) is 12.2 Å². The lowest BCUT2D eigenvalue weighted by Crippen LogP contribution is -2.35. The zero-order valence-electron chi connectivity index (χ0n) is 9.59. The van der Waals surface area contributed by atoms with E-state index in [9.17, 15) is 4.79 Å². The molecule has 1 amide bonds. The summed E-state index contributed by atoms with van der Waals surface area (Å²) in [5.41, 5.74) is 5.94. The van der Waals surface area contributed by atoms with Gasteiger partial charge in [0.05, 0.1) is 0 Å². The highest BCUT2D eigenvalue weighted by Gasteiger charge is 2.42. The number of hydrogen-bond donors (Lipinski definition) is 2. The van der Waals surface area contributed by atoms with Gasteiger partial charge >= 0.3 is 0 Å². The van der Waals surface area contributed by atoms with Gasteiger partial charge in [0.25, 0.3) is 0 Å². The summed E-state index contributed by atoms with van der Waals surface area (Å²) in [4.78, 5) is 11.8. The van der Waals surface area contributed by atoms with Gasteiger partial charge in [0.2, 0.25) is 5.91 Å². The van der Waals surface area contributed by atoms with Gasteiger partial charge < -0.3 is 11.1 Å². The van der Waals surface area contributed by atoms with Crippen LogP contribution in [0.3, 0.4) is 0 Å². The van der Waals surface area contributed by atoms with Crippen molar-refractivity contribution in [1.82, 2.24) is 5.32 Å². The van der Waals surface area contributed by atoms with E-state index in [1.807, 2.05) is 0 Å². The Morgan fingerprint density at radius 1 is 1.53 bits per heavy atom. The first-order chi connectivity index (χ1) is 7.17. The van der Waals surface area contributed by atoms with Crippen LogP contribution >= 0.6 is 0 Å². The molecule has 0 aromatic carbocycles. The number of hydrogen-bond acceptors (Lipinski definition) is 2. The summed E-state index contributed by atoms with van der Waals surface area (Å²) < 4.78 is 0. The molecule has 1 unspecified atom stereocenters. The summed E-state index contributed by atoms with van der Waals surface area (Å²) in [6.45, 7) is 3.64. The minimum Gasteiger partial charge on any atom is -0.355 e. The molecule has 0 radical (unpaired) electrons. The Morgan fingerprint density at radius 2 is 2.20 bits per heavy atom. The third-order valence-electron chi connectivity index (χ3n) is 4.01. The van der Waals surface area contributed by atoms with Gasteiger partial charge in [-0.1, -0.05) is 6.92 Å². The van der Waals surface area contributed by atoms with Crippen molar-refractivity contribution in [2.75, 3.05) is 13.1 Å². The lowest BCUT2D eigenvalue weighted by atomic mass is 10.0. The lowest BCUT2D eigenvalue weighted by Gasteiger charge is -2.17. The van der Waals surface area contributed by atoms with Crippen LogP contribution in [0.4, 0.5) is 0 Å². The van der Waals surface area contributed by atoms with Crippen LogP contribution in [-0.4, -0.2) is 19.0 Å². The molecule has 0 saturated heterocycles. The van der Waals surface area contributed by atoms with Gasteiger partial charge in [-0.25, -0.2) is 0 Å². The highest BCUT2D eigenvalue weighted by molar-refractivity contribution is 5.78. The van der Waals surface area contributed by atoms with Gasteiger partial charge in [0, 0.05) is 12.5 Å². The normalized spacial score (nSPS) is 24.7. The molecule has 0 bridgehead atoms. The first-order valence-corrected chi connectivity index (χ1v) is 6.15. The van der Waals surface area contributed by atoms with Crippen LogP contribution in [0.5, 0.6) is 0 Å². The van der Waals surface area contributed by atoms with E-state index < -0.39 is 0 Å². The van der Waals surface area contributed by atoms with E-state index in [1.165, 1.54) is 25.7 Å². The Bertz CT molecular complexity index is 244. The first kappa shape index (κ1) is 10.9. The van der Waals surface area contributed by atoms with Crippen molar-refractivity contribution in [2.24, 2.45) is 23.0 Å². The molecule has 0 aromatic rings. The second kappa shape index (κ2) is 4.12. The van der Waals surface area contributed by atoms with Crippen molar-refractivity contribution in [2.45, 2.75) is 39.0 Å². The minimum atomic E-state index is 0.221. The van der Waals surface area contributed by atoms with Crippen molar-refractivity contribution in [3.05, 3.63) is 0 Å². The average Bonchev–Trinajstić information content (AvgIpc) is 3.08. The molecule has 2 rings (SSSR count). The van der Waals surface area contributed by atoms with Crippen molar-refractivity contribution in [3.8, 4) is 0 Å². The topological polar surface area (TPSA) is 55.1 Å². The Balaban J connectivity index is 1.70. The number of carbonyl (C=O) groups excluding carboxylic acids is 1. The summed E-state index contributed by atoms with van der Waals surface area (Å²) in [5.74, 6) is 1.13. The van der Waals surface area contributed by atoms with Crippen molar-refractivity contribution in [1.29, 1.82) is 0 Å². The maximum atomic E-state index is 11.8. The molecule has 0 spiro atoms. The molecule has 0 heterocycles. The Morgan fingerprint density at radius 3 is 2.67 bits per heavy atom. The van der Waals surface area contributed by atoms with E-state index >= 15 is 0 Å². The number of carbonyl (C=O) groups is 1. The monoisotopic (exact) mass is 210 g/mol. The largest absolute Gasteiger partial charge is 0.355 e. The number of rotatable bonds is 6. The molecule has 3 heteroatoms. The fraction of sp³-hybridized carbons (Fsp3) is 0.917. The van der Waals surface area contributed by atoms with Crippen molar-refractivity contribution < 1.29 is 4.79 Å². The quantitative estimate of drug-likeness (QED) is 0.694. The highest BCUT2D eigenvalue weighted by Crippen LogP contribution is 2.47. The Kier molecular flexibility index (Phi) is 3.01. The molecule has 2 saturated carbocycles. The van der Waals surface area contributed by atoms with Crippen LogP contribution < -0.4 is 11.1 Å². The molecule has 2 aliphatic carbocycles.